The Bertz CT molecular complexity index is 620. The molecule has 2 heterocycles. The van der Waals surface area contributed by atoms with Crippen LogP contribution in [0.5, 0.6) is 0 Å². The van der Waals surface area contributed by atoms with Crippen molar-refractivity contribution in [1.29, 1.82) is 0 Å². The Hall–Kier alpha value is -1.24. The first-order valence-electron chi connectivity index (χ1n) is 9.55. The molecular weight excluding hydrogens is 382 g/mol. The topological polar surface area (TPSA) is 61.4 Å². The number of nitrogens with zero attached hydrogens (tertiary/aromatic N) is 1. The highest BCUT2D eigenvalue weighted by atomic mass is 35.5. The minimum atomic E-state index is -0.0314. The van der Waals surface area contributed by atoms with E-state index in [0.717, 1.165) is 56.6 Å². The van der Waals surface area contributed by atoms with E-state index in [4.69, 9.17) is 0 Å². The molecule has 2 unspecified atom stereocenters. The zero-order valence-electron chi connectivity index (χ0n) is 15.9. The van der Waals surface area contributed by atoms with Gasteiger partial charge in [0.2, 0.25) is 5.91 Å². The summed E-state index contributed by atoms with van der Waals surface area (Å²) in [6, 6.07) is 7.92. The van der Waals surface area contributed by atoms with E-state index < -0.39 is 0 Å². The minimum absolute atomic E-state index is 0. The summed E-state index contributed by atoms with van der Waals surface area (Å²) in [6.45, 7) is 3.12. The number of likely N-dealkylation sites (tertiary alicyclic amines) is 1. The number of nitrogens with one attached hydrogen (secondary N) is 2. The third-order valence-electron chi connectivity index (χ3n) is 5.26. The van der Waals surface area contributed by atoms with Gasteiger partial charge in [-0.2, -0.15) is 11.8 Å². The number of carbonyl (C=O) groups is 2. The van der Waals surface area contributed by atoms with E-state index in [9.17, 15) is 9.59 Å². The Kier molecular flexibility index (Phi) is 8.93. The summed E-state index contributed by atoms with van der Waals surface area (Å²) in [5, 5.41) is 6.30. The molecule has 2 atom stereocenters. The van der Waals surface area contributed by atoms with Gasteiger partial charge in [-0.05, 0) is 62.1 Å². The summed E-state index contributed by atoms with van der Waals surface area (Å²) in [7, 11) is 0. The largest absolute Gasteiger partial charge is 0.354 e. The van der Waals surface area contributed by atoms with Gasteiger partial charge >= 0.3 is 0 Å². The van der Waals surface area contributed by atoms with Gasteiger partial charge in [-0.15, -0.1) is 12.4 Å². The standard InChI is InChI=1S/C20H29N3O2S.ClH/c1-26-14-15-6-8-17(9-7-15)20(25)23-11-3-4-16(13-23)12-22-19(24)18-5-2-10-21-18;/h6-9,16,18,21H,2-5,10-14H2,1H3,(H,22,24);1H. The summed E-state index contributed by atoms with van der Waals surface area (Å²) in [6.07, 6.45) is 6.13. The average Bonchev–Trinajstić information content (AvgIpc) is 3.22. The normalized spacial score (nSPS) is 22.2. The monoisotopic (exact) mass is 411 g/mol. The number of halogens is 1. The highest BCUT2D eigenvalue weighted by Gasteiger charge is 2.26. The van der Waals surface area contributed by atoms with E-state index in [1.54, 1.807) is 11.8 Å². The lowest BCUT2D eigenvalue weighted by Gasteiger charge is -2.33. The van der Waals surface area contributed by atoms with Crippen LogP contribution in [-0.4, -0.2) is 55.2 Å². The van der Waals surface area contributed by atoms with Gasteiger partial charge in [0.05, 0.1) is 6.04 Å². The van der Waals surface area contributed by atoms with Crippen molar-refractivity contribution in [1.82, 2.24) is 15.5 Å². The predicted octanol–water partition coefficient (Wildman–Crippen LogP) is 2.69. The second kappa shape index (κ2) is 10.9. The van der Waals surface area contributed by atoms with E-state index in [0.29, 0.717) is 12.5 Å². The highest BCUT2D eigenvalue weighted by Crippen LogP contribution is 2.19. The predicted molar refractivity (Wildman–Crippen MR) is 114 cm³/mol. The zero-order valence-corrected chi connectivity index (χ0v) is 17.5. The third-order valence-corrected chi connectivity index (χ3v) is 5.88. The van der Waals surface area contributed by atoms with Gasteiger partial charge in [-0.3, -0.25) is 9.59 Å². The number of thioether (sulfide) groups is 1. The quantitative estimate of drug-likeness (QED) is 0.755. The van der Waals surface area contributed by atoms with Crippen molar-refractivity contribution in [3.63, 3.8) is 0 Å². The molecule has 2 aliphatic rings. The third kappa shape index (κ3) is 6.13. The molecule has 7 heteroatoms. The molecule has 0 radical (unpaired) electrons. The number of benzene rings is 1. The fourth-order valence-corrected chi connectivity index (χ4v) is 4.31. The van der Waals surface area contributed by atoms with Crippen LogP contribution in [0.2, 0.25) is 0 Å². The van der Waals surface area contributed by atoms with Crippen molar-refractivity contribution < 1.29 is 9.59 Å². The van der Waals surface area contributed by atoms with Crippen LogP contribution >= 0.6 is 24.2 Å². The van der Waals surface area contributed by atoms with Gasteiger partial charge < -0.3 is 15.5 Å². The number of hydrogen-bond acceptors (Lipinski definition) is 4. The lowest BCUT2D eigenvalue weighted by molar-refractivity contribution is -0.123. The fourth-order valence-electron chi connectivity index (χ4n) is 3.79. The lowest BCUT2D eigenvalue weighted by atomic mass is 9.97. The van der Waals surface area contributed by atoms with Gasteiger partial charge in [0, 0.05) is 31.0 Å². The van der Waals surface area contributed by atoms with Gasteiger partial charge in [0.25, 0.3) is 5.91 Å². The maximum Gasteiger partial charge on any atom is 0.253 e. The number of hydrogen-bond donors (Lipinski definition) is 2. The maximum absolute atomic E-state index is 12.8. The van der Waals surface area contributed by atoms with Gasteiger partial charge in [-0.1, -0.05) is 12.1 Å². The molecule has 0 spiro atoms. The lowest BCUT2D eigenvalue weighted by Crippen LogP contribution is -2.46. The summed E-state index contributed by atoms with van der Waals surface area (Å²) in [4.78, 5) is 26.9. The van der Waals surface area contributed by atoms with Crippen molar-refractivity contribution in [3.05, 3.63) is 35.4 Å². The average molecular weight is 412 g/mol. The molecule has 1 aromatic rings. The minimum Gasteiger partial charge on any atom is -0.354 e. The van der Waals surface area contributed by atoms with E-state index in [1.165, 1.54) is 5.56 Å². The molecule has 27 heavy (non-hydrogen) atoms. The number of piperidine rings is 1. The fraction of sp³-hybridized carbons (Fsp3) is 0.600. The van der Waals surface area contributed by atoms with Crippen molar-refractivity contribution in [2.75, 3.05) is 32.4 Å². The van der Waals surface area contributed by atoms with E-state index in [-0.39, 0.29) is 30.3 Å². The zero-order chi connectivity index (χ0) is 18.4. The number of carbonyl (C=O) groups excluding carboxylic acids is 2. The Morgan fingerprint density at radius 3 is 2.67 bits per heavy atom. The Balaban J connectivity index is 0.00000261. The van der Waals surface area contributed by atoms with Crippen LogP contribution in [0.4, 0.5) is 0 Å². The van der Waals surface area contributed by atoms with Crippen LogP contribution in [0.25, 0.3) is 0 Å². The summed E-state index contributed by atoms with van der Waals surface area (Å²) < 4.78 is 0. The van der Waals surface area contributed by atoms with Crippen LogP contribution in [-0.2, 0) is 10.5 Å². The van der Waals surface area contributed by atoms with Crippen molar-refractivity contribution >= 4 is 36.0 Å². The Labute approximate surface area is 172 Å². The number of amides is 2. The maximum atomic E-state index is 12.8. The molecule has 2 saturated heterocycles. The smallest absolute Gasteiger partial charge is 0.253 e. The van der Waals surface area contributed by atoms with Gasteiger partial charge in [0.1, 0.15) is 0 Å². The van der Waals surface area contributed by atoms with Crippen LogP contribution in [0.15, 0.2) is 24.3 Å². The van der Waals surface area contributed by atoms with Gasteiger partial charge in [0.15, 0.2) is 0 Å². The Morgan fingerprint density at radius 2 is 2.00 bits per heavy atom. The summed E-state index contributed by atoms with van der Waals surface area (Å²) in [5.74, 6) is 1.52. The van der Waals surface area contributed by atoms with E-state index in [1.807, 2.05) is 29.2 Å². The molecule has 5 nitrogen and oxygen atoms in total. The molecule has 2 fully saturated rings. The van der Waals surface area contributed by atoms with Gasteiger partial charge in [-0.25, -0.2) is 0 Å². The second-order valence-electron chi connectivity index (χ2n) is 7.28. The molecule has 1 aromatic carbocycles. The first kappa shape index (κ1) is 22.1. The van der Waals surface area contributed by atoms with Crippen LogP contribution in [0.3, 0.4) is 0 Å². The van der Waals surface area contributed by atoms with Crippen molar-refractivity contribution in [3.8, 4) is 0 Å². The first-order valence-corrected chi connectivity index (χ1v) is 10.9. The van der Waals surface area contributed by atoms with Crippen molar-refractivity contribution in [2.45, 2.75) is 37.5 Å². The van der Waals surface area contributed by atoms with E-state index >= 15 is 0 Å². The first-order chi connectivity index (χ1) is 12.7. The van der Waals surface area contributed by atoms with E-state index in [2.05, 4.69) is 16.9 Å². The molecular formula is C20H30ClN3O2S. The molecule has 0 bridgehead atoms. The molecule has 2 aliphatic heterocycles. The summed E-state index contributed by atoms with van der Waals surface area (Å²) in [5.41, 5.74) is 2.00. The molecule has 0 aromatic heterocycles. The Morgan fingerprint density at radius 1 is 1.22 bits per heavy atom. The summed E-state index contributed by atoms with van der Waals surface area (Å²) >= 11 is 1.78. The van der Waals surface area contributed by atoms with Crippen LogP contribution in [0.1, 0.15) is 41.6 Å². The molecule has 2 amide bonds. The van der Waals surface area contributed by atoms with Crippen LogP contribution < -0.4 is 10.6 Å². The second-order valence-corrected chi connectivity index (χ2v) is 8.15. The van der Waals surface area contributed by atoms with Crippen LogP contribution in [0, 0.1) is 5.92 Å². The van der Waals surface area contributed by atoms with Crippen molar-refractivity contribution in [2.24, 2.45) is 5.92 Å². The SMILES string of the molecule is CSCc1ccc(C(=O)N2CCCC(CNC(=O)C3CCCN3)C2)cc1.Cl. The molecule has 150 valence electrons. The molecule has 0 aliphatic carbocycles. The molecule has 3 rings (SSSR count). The molecule has 2 N–H and O–H groups in total. The number of rotatable bonds is 6. The highest BCUT2D eigenvalue weighted by molar-refractivity contribution is 7.97. The molecule has 0 saturated carbocycles.